The fourth-order valence-corrected chi connectivity index (χ4v) is 3.09. The molecule has 0 aliphatic rings. The summed E-state index contributed by atoms with van der Waals surface area (Å²) >= 11 is 0. The van der Waals surface area contributed by atoms with E-state index in [0.29, 0.717) is 12.0 Å². The van der Waals surface area contributed by atoms with E-state index in [1.165, 1.54) is 0 Å². The van der Waals surface area contributed by atoms with Gasteiger partial charge in [0.05, 0.1) is 11.6 Å². The molecule has 0 fully saturated rings. The van der Waals surface area contributed by atoms with Crippen molar-refractivity contribution in [2.24, 2.45) is 5.73 Å². The van der Waals surface area contributed by atoms with Crippen molar-refractivity contribution in [2.75, 3.05) is 0 Å². The van der Waals surface area contributed by atoms with Crippen LogP contribution in [0.1, 0.15) is 22.9 Å². The highest BCUT2D eigenvalue weighted by molar-refractivity contribution is 5.92. The largest absolute Gasteiger partial charge is 0.356 e. The molecule has 0 aliphatic heterocycles. The molecule has 2 heterocycles. The first-order valence-corrected chi connectivity index (χ1v) is 8.30. The zero-order valence-electron chi connectivity index (χ0n) is 14.0. The molecule has 0 bridgehead atoms. The fraction of sp³-hybridized carbons (Fsp3) is 0.0952. The van der Waals surface area contributed by atoms with Crippen LogP contribution >= 0.6 is 0 Å². The second kappa shape index (κ2) is 6.79. The molecule has 2 aromatic carbocycles. The Labute approximate surface area is 150 Å². The van der Waals surface area contributed by atoms with Crippen LogP contribution in [0.5, 0.6) is 0 Å². The summed E-state index contributed by atoms with van der Waals surface area (Å²) in [5.41, 5.74) is 11.1. The van der Waals surface area contributed by atoms with Gasteiger partial charge in [0.15, 0.2) is 5.58 Å². The molecule has 5 nitrogen and oxygen atoms in total. The number of aromatic nitrogens is 2. The number of hydrogen-bond donors (Lipinski definition) is 1. The Bertz CT molecular complexity index is 1100. The van der Waals surface area contributed by atoms with Crippen molar-refractivity contribution >= 4 is 11.0 Å². The van der Waals surface area contributed by atoms with Crippen LogP contribution in [0.15, 0.2) is 71.4 Å². The van der Waals surface area contributed by atoms with E-state index in [2.05, 4.69) is 16.2 Å². The molecule has 0 saturated heterocycles. The minimum atomic E-state index is -0.316. The molecule has 0 unspecified atom stereocenters. The van der Waals surface area contributed by atoms with Gasteiger partial charge in [-0.1, -0.05) is 29.4 Å². The van der Waals surface area contributed by atoms with E-state index in [9.17, 15) is 5.26 Å². The molecule has 4 aromatic rings. The highest BCUT2D eigenvalue weighted by atomic mass is 16.5. The number of pyridine rings is 1. The van der Waals surface area contributed by atoms with Crippen molar-refractivity contribution in [1.29, 1.82) is 5.26 Å². The Balaban J connectivity index is 1.81. The molecule has 0 spiro atoms. The Morgan fingerprint density at radius 1 is 1.08 bits per heavy atom. The lowest BCUT2D eigenvalue weighted by atomic mass is 9.92. The smallest absolute Gasteiger partial charge is 0.167 e. The van der Waals surface area contributed by atoms with Gasteiger partial charge >= 0.3 is 0 Å². The first kappa shape index (κ1) is 16.0. The number of rotatable bonds is 4. The van der Waals surface area contributed by atoms with Crippen LogP contribution in [0.25, 0.3) is 22.2 Å². The highest BCUT2D eigenvalue weighted by Crippen LogP contribution is 2.33. The highest BCUT2D eigenvalue weighted by Gasteiger charge is 2.19. The van der Waals surface area contributed by atoms with Crippen molar-refractivity contribution in [1.82, 2.24) is 10.1 Å². The second-order valence-electron chi connectivity index (χ2n) is 6.07. The summed E-state index contributed by atoms with van der Waals surface area (Å²) in [4.78, 5) is 4.35. The minimum absolute atomic E-state index is 0.316. The lowest BCUT2D eigenvalue weighted by Gasteiger charge is -2.16. The molecule has 0 aliphatic carbocycles. The Morgan fingerprint density at radius 3 is 2.73 bits per heavy atom. The van der Waals surface area contributed by atoms with E-state index in [1.807, 2.05) is 54.6 Å². The number of nitrogens with zero attached hydrogens (tertiary/aromatic N) is 3. The van der Waals surface area contributed by atoms with Crippen LogP contribution in [0.2, 0.25) is 0 Å². The predicted molar refractivity (Wildman–Crippen MR) is 99.0 cm³/mol. The van der Waals surface area contributed by atoms with Crippen LogP contribution in [0.4, 0.5) is 0 Å². The molecular weight excluding hydrogens is 324 g/mol. The van der Waals surface area contributed by atoms with Crippen LogP contribution in [-0.4, -0.2) is 10.1 Å². The SMILES string of the molecule is N#Cc1ccc(-c2noc3ccccc23)c([C@@H](N)Cc2ccccn2)c1. The predicted octanol–water partition coefficient (Wildman–Crippen LogP) is 4.00. The van der Waals surface area contributed by atoms with Gasteiger partial charge in [0.1, 0.15) is 5.69 Å². The lowest BCUT2D eigenvalue weighted by molar-refractivity contribution is 0.459. The minimum Gasteiger partial charge on any atom is -0.356 e. The third-order valence-corrected chi connectivity index (χ3v) is 4.37. The molecule has 0 saturated carbocycles. The van der Waals surface area contributed by atoms with E-state index in [1.54, 1.807) is 12.3 Å². The first-order chi connectivity index (χ1) is 12.8. The summed E-state index contributed by atoms with van der Waals surface area (Å²) in [6.07, 6.45) is 2.32. The van der Waals surface area contributed by atoms with Gasteiger partial charge in [-0.2, -0.15) is 5.26 Å². The summed E-state index contributed by atoms with van der Waals surface area (Å²) in [6.45, 7) is 0. The van der Waals surface area contributed by atoms with Crippen molar-refractivity contribution in [3.05, 3.63) is 83.7 Å². The Morgan fingerprint density at radius 2 is 1.92 bits per heavy atom. The second-order valence-corrected chi connectivity index (χ2v) is 6.07. The molecule has 5 heteroatoms. The first-order valence-electron chi connectivity index (χ1n) is 8.30. The van der Waals surface area contributed by atoms with Crippen LogP contribution < -0.4 is 5.73 Å². The zero-order valence-corrected chi connectivity index (χ0v) is 14.0. The van der Waals surface area contributed by atoms with Gasteiger partial charge in [-0.25, -0.2) is 0 Å². The molecule has 0 radical (unpaired) electrons. The summed E-state index contributed by atoms with van der Waals surface area (Å²) < 4.78 is 5.44. The molecule has 2 N–H and O–H groups in total. The van der Waals surface area contributed by atoms with Crippen LogP contribution in [0.3, 0.4) is 0 Å². The molecule has 1 atom stereocenters. The van der Waals surface area contributed by atoms with E-state index >= 15 is 0 Å². The maximum Gasteiger partial charge on any atom is 0.167 e. The van der Waals surface area contributed by atoms with Crippen molar-refractivity contribution in [3.63, 3.8) is 0 Å². The van der Waals surface area contributed by atoms with Gasteiger partial charge in [-0.15, -0.1) is 0 Å². The summed E-state index contributed by atoms with van der Waals surface area (Å²) in [6, 6.07) is 20.8. The van der Waals surface area contributed by atoms with Gasteiger partial charge in [-0.3, -0.25) is 4.98 Å². The van der Waals surface area contributed by atoms with Gasteiger partial charge < -0.3 is 10.3 Å². The summed E-state index contributed by atoms with van der Waals surface area (Å²) in [7, 11) is 0. The normalized spacial score (nSPS) is 12.0. The number of para-hydroxylation sites is 1. The standard InChI is InChI=1S/C21H16N4O/c22-13-14-8-9-16(21-17-6-1-2-7-20(17)26-25-21)18(11-14)19(23)12-15-5-3-4-10-24-15/h1-11,19H,12,23H2/t19-/m0/s1. The summed E-state index contributed by atoms with van der Waals surface area (Å²) in [5.74, 6) is 0. The van der Waals surface area contributed by atoms with Crippen LogP contribution in [0, 0.1) is 11.3 Å². The summed E-state index contributed by atoms with van der Waals surface area (Å²) in [5, 5.41) is 14.5. The number of nitrogens with two attached hydrogens (primary N) is 1. The van der Waals surface area contributed by atoms with E-state index in [0.717, 1.165) is 33.5 Å². The average molecular weight is 340 g/mol. The number of benzene rings is 2. The molecule has 0 amide bonds. The number of hydrogen-bond acceptors (Lipinski definition) is 5. The van der Waals surface area contributed by atoms with Crippen LogP contribution in [-0.2, 0) is 6.42 Å². The van der Waals surface area contributed by atoms with Gasteiger partial charge in [0.2, 0.25) is 0 Å². The van der Waals surface area contributed by atoms with Gasteiger partial charge in [0, 0.05) is 35.3 Å². The zero-order chi connectivity index (χ0) is 17.9. The number of fused-ring (bicyclic) bond motifs is 1. The molecule has 4 rings (SSSR count). The van der Waals surface area contributed by atoms with Gasteiger partial charge in [-0.05, 0) is 42.0 Å². The average Bonchev–Trinajstić information content (AvgIpc) is 3.12. The topological polar surface area (TPSA) is 88.7 Å². The van der Waals surface area contributed by atoms with E-state index < -0.39 is 0 Å². The molecule has 2 aromatic heterocycles. The van der Waals surface area contributed by atoms with Crippen molar-refractivity contribution < 1.29 is 4.52 Å². The maximum atomic E-state index is 9.29. The lowest BCUT2D eigenvalue weighted by Crippen LogP contribution is -2.15. The molecule has 126 valence electrons. The Hall–Kier alpha value is -3.49. The van der Waals surface area contributed by atoms with Crippen molar-refractivity contribution in [2.45, 2.75) is 12.5 Å². The third kappa shape index (κ3) is 2.94. The van der Waals surface area contributed by atoms with E-state index in [4.69, 9.17) is 10.3 Å². The van der Waals surface area contributed by atoms with Gasteiger partial charge in [0.25, 0.3) is 0 Å². The Kier molecular flexibility index (Phi) is 4.18. The molecular formula is C21H16N4O. The maximum absolute atomic E-state index is 9.29. The number of nitriles is 1. The quantitative estimate of drug-likeness (QED) is 0.606. The fourth-order valence-electron chi connectivity index (χ4n) is 3.09. The van der Waals surface area contributed by atoms with E-state index in [-0.39, 0.29) is 6.04 Å². The van der Waals surface area contributed by atoms with Crippen molar-refractivity contribution in [3.8, 4) is 17.3 Å². The monoisotopic (exact) mass is 340 g/mol. The third-order valence-electron chi connectivity index (χ3n) is 4.37. The molecule has 26 heavy (non-hydrogen) atoms.